The van der Waals surface area contributed by atoms with Gasteiger partial charge in [-0.15, -0.1) is 0 Å². The number of halogens is 3. The molecule has 90 valence electrons. The van der Waals surface area contributed by atoms with Crippen molar-refractivity contribution in [2.45, 2.75) is 12.7 Å². The second-order valence-corrected chi connectivity index (χ2v) is 3.48. The number of hydrogen-bond donors (Lipinski definition) is 1. The Morgan fingerprint density at radius 1 is 1.24 bits per heavy atom. The number of alkyl halides is 3. The summed E-state index contributed by atoms with van der Waals surface area (Å²) in [5.41, 5.74) is 6.78. The molecule has 0 spiro atoms. The fourth-order valence-corrected chi connectivity index (χ4v) is 1.48. The molecule has 17 heavy (non-hydrogen) atoms. The molecule has 2 aromatic heterocycles. The van der Waals surface area contributed by atoms with Crippen LogP contribution in [0, 0.1) is 0 Å². The molecule has 2 N–H and O–H groups in total. The molecule has 0 saturated carbocycles. The Labute approximate surface area is 94.9 Å². The zero-order valence-corrected chi connectivity index (χ0v) is 8.65. The van der Waals surface area contributed by atoms with Crippen LogP contribution >= 0.6 is 0 Å². The Kier molecular flexibility index (Phi) is 2.74. The number of pyridine rings is 1. The maximum absolute atomic E-state index is 12.3. The van der Waals surface area contributed by atoms with Crippen LogP contribution in [-0.2, 0) is 6.54 Å². The molecule has 0 radical (unpaired) electrons. The largest absolute Gasteiger partial charge is 0.406 e. The van der Waals surface area contributed by atoms with Crippen LogP contribution in [0.4, 0.5) is 18.9 Å². The van der Waals surface area contributed by atoms with Crippen molar-refractivity contribution >= 4 is 5.69 Å². The molecule has 0 amide bonds. The van der Waals surface area contributed by atoms with Crippen LogP contribution in [0.5, 0.6) is 0 Å². The minimum Gasteiger partial charge on any atom is -0.398 e. The summed E-state index contributed by atoms with van der Waals surface area (Å²) in [6.07, 6.45) is 1.04. The van der Waals surface area contributed by atoms with E-state index in [1.165, 1.54) is 24.7 Å². The van der Waals surface area contributed by atoms with Crippen molar-refractivity contribution in [1.82, 2.24) is 14.5 Å². The van der Waals surface area contributed by atoms with Crippen LogP contribution in [0.15, 0.2) is 31.0 Å². The van der Waals surface area contributed by atoms with Crippen LogP contribution in [0.1, 0.15) is 0 Å². The first-order chi connectivity index (χ1) is 7.97. The van der Waals surface area contributed by atoms with Gasteiger partial charge in [0.05, 0.1) is 18.2 Å². The Balaban J connectivity index is 2.41. The van der Waals surface area contributed by atoms with E-state index in [1.54, 1.807) is 0 Å². The second-order valence-electron chi connectivity index (χ2n) is 3.48. The van der Waals surface area contributed by atoms with Crippen LogP contribution in [0.3, 0.4) is 0 Å². The zero-order chi connectivity index (χ0) is 12.5. The molecule has 4 nitrogen and oxygen atoms in total. The van der Waals surface area contributed by atoms with Gasteiger partial charge in [0.1, 0.15) is 6.54 Å². The van der Waals surface area contributed by atoms with Gasteiger partial charge in [-0.05, 0) is 6.07 Å². The molecule has 0 bridgehead atoms. The standard InChI is InChI=1S/C10H9F3N4/c11-10(12,13)5-17-6-16-4-9(17)7-3-15-2-1-8(7)14/h1-4,6H,5H2,(H2,14,15). The van der Waals surface area contributed by atoms with Crippen LogP contribution in [-0.4, -0.2) is 20.7 Å². The summed E-state index contributed by atoms with van der Waals surface area (Å²) in [7, 11) is 0. The Bertz CT molecular complexity index is 518. The number of rotatable bonds is 2. The van der Waals surface area contributed by atoms with Gasteiger partial charge in [0.25, 0.3) is 0 Å². The SMILES string of the molecule is Nc1ccncc1-c1cncn1CC(F)(F)F. The molecule has 2 aromatic rings. The average Bonchev–Trinajstić information content (AvgIpc) is 2.64. The number of imidazole rings is 1. The molecule has 2 heterocycles. The van der Waals surface area contributed by atoms with E-state index in [2.05, 4.69) is 9.97 Å². The lowest BCUT2D eigenvalue weighted by Crippen LogP contribution is -2.17. The highest BCUT2D eigenvalue weighted by Gasteiger charge is 2.29. The van der Waals surface area contributed by atoms with E-state index < -0.39 is 12.7 Å². The lowest BCUT2D eigenvalue weighted by Gasteiger charge is -2.11. The summed E-state index contributed by atoms with van der Waals surface area (Å²) in [6, 6.07) is 1.53. The normalized spacial score (nSPS) is 11.7. The number of anilines is 1. The molecule has 0 saturated heterocycles. The molecule has 0 aliphatic heterocycles. The van der Waals surface area contributed by atoms with Gasteiger partial charge < -0.3 is 10.3 Å². The van der Waals surface area contributed by atoms with Gasteiger partial charge >= 0.3 is 6.18 Å². The van der Waals surface area contributed by atoms with Crippen LogP contribution in [0.2, 0.25) is 0 Å². The summed E-state index contributed by atoms with van der Waals surface area (Å²) in [5.74, 6) is 0. The van der Waals surface area contributed by atoms with Crippen LogP contribution in [0.25, 0.3) is 11.3 Å². The molecule has 0 unspecified atom stereocenters. The molecule has 0 fully saturated rings. The van der Waals surface area contributed by atoms with E-state index in [9.17, 15) is 13.2 Å². The fourth-order valence-electron chi connectivity index (χ4n) is 1.48. The van der Waals surface area contributed by atoms with Crippen LogP contribution < -0.4 is 5.73 Å². The first-order valence-corrected chi connectivity index (χ1v) is 4.74. The number of nitrogen functional groups attached to an aromatic ring is 1. The van der Waals surface area contributed by atoms with Gasteiger partial charge in [-0.2, -0.15) is 13.2 Å². The van der Waals surface area contributed by atoms with Gasteiger partial charge in [-0.25, -0.2) is 4.98 Å². The number of nitrogens with zero attached hydrogens (tertiary/aromatic N) is 3. The molecular weight excluding hydrogens is 233 g/mol. The van der Waals surface area contributed by atoms with E-state index in [-0.39, 0.29) is 0 Å². The zero-order valence-electron chi connectivity index (χ0n) is 8.65. The van der Waals surface area contributed by atoms with Crippen molar-refractivity contribution in [3.05, 3.63) is 31.0 Å². The van der Waals surface area contributed by atoms with Crippen molar-refractivity contribution in [1.29, 1.82) is 0 Å². The quantitative estimate of drug-likeness (QED) is 0.877. The Morgan fingerprint density at radius 2 is 2.00 bits per heavy atom. The van der Waals surface area contributed by atoms with Gasteiger partial charge in [0.2, 0.25) is 0 Å². The third-order valence-corrected chi connectivity index (χ3v) is 2.19. The molecule has 0 aliphatic rings. The minimum atomic E-state index is -4.30. The minimum absolute atomic E-state index is 0.299. The highest BCUT2D eigenvalue weighted by Crippen LogP contribution is 2.27. The van der Waals surface area contributed by atoms with Crippen molar-refractivity contribution in [2.75, 3.05) is 5.73 Å². The monoisotopic (exact) mass is 242 g/mol. The lowest BCUT2D eigenvalue weighted by atomic mass is 10.2. The van der Waals surface area contributed by atoms with E-state index >= 15 is 0 Å². The molecule has 7 heteroatoms. The summed E-state index contributed by atoms with van der Waals surface area (Å²) < 4.78 is 38.0. The highest BCUT2D eigenvalue weighted by molar-refractivity contribution is 5.72. The smallest absolute Gasteiger partial charge is 0.398 e. The first kappa shape index (κ1) is 11.4. The van der Waals surface area contributed by atoms with E-state index in [0.717, 1.165) is 10.9 Å². The third-order valence-electron chi connectivity index (χ3n) is 2.19. The molecular formula is C10H9F3N4. The van der Waals surface area contributed by atoms with E-state index in [0.29, 0.717) is 16.9 Å². The van der Waals surface area contributed by atoms with E-state index in [4.69, 9.17) is 5.73 Å². The predicted molar refractivity (Wildman–Crippen MR) is 55.9 cm³/mol. The Morgan fingerprint density at radius 3 is 2.65 bits per heavy atom. The summed E-state index contributed by atoms with van der Waals surface area (Å²) in [5, 5.41) is 0. The van der Waals surface area contributed by atoms with E-state index in [1.807, 2.05) is 0 Å². The fraction of sp³-hybridized carbons (Fsp3) is 0.200. The lowest BCUT2D eigenvalue weighted by molar-refractivity contribution is -0.140. The second kappa shape index (κ2) is 4.08. The van der Waals surface area contributed by atoms with Gasteiger partial charge in [-0.3, -0.25) is 4.98 Å². The molecule has 0 aromatic carbocycles. The number of hydrogen-bond acceptors (Lipinski definition) is 3. The number of nitrogens with two attached hydrogens (primary N) is 1. The van der Waals surface area contributed by atoms with Crippen molar-refractivity contribution < 1.29 is 13.2 Å². The number of aromatic nitrogens is 3. The molecule has 0 atom stereocenters. The van der Waals surface area contributed by atoms with Gasteiger partial charge in [-0.1, -0.05) is 0 Å². The molecule has 2 rings (SSSR count). The van der Waals surface area contributed by atoms with Gasteiger partial charge in [0, 0.05) is 23.6 Å². The summed E-state index contributed by atoms with van der Waals surface area (Å²) >= 11 is 0. The molecule has 0 aliphatic carbocycles. The van der Waals surface area contributed by atoms with Crippen molar-refractivity contribution in [3.63, 3.8) is 0 Å². The first-order valence-electron chi connectivity index (χ1n) is 4.74. The summed E-state index contributed by atoms with van der Waals surface area (Å²) in [6.45, 7) is -1.10. The average molecular weight is 242 g/mol. The van der Waals surface area contributed by atoms with Crippen molar-refractivity contribution in [3.8, 4) is 11.3 Å². The predicted octanol–water partition coefficient (Wildman–Crippen LogP) is 2.09. The topological polar surface area (TPSA) is 56.7 Å². The van der Waals surface area contributed by atoms with Crippen molar-refractivity contribution in [2.24, 2.45) is 0 Å². The third kappa shape index (κ3) is 2.55. The summed E-state index contributed by atoms with van der Waals surface area (Å²) in [4.78, 5) is 7.54. The maximum Gasteiger partial charge on any atom is 0.406 e. The maximum atomic E-state index is 12.3. The highest BCUT2D eigenvalue weighted by atomic mass is 19.4. The van der Waals surface area contributed by atoms with Gasteiger partial charge in [0.15, 0.2) is 0 Å². The Hall–Kier alpha value is -2.05.